The molecule has 1 amide bonds. The fraction of sp³-hybridized carbons (Fsp3) is 0.455. The number of allylic oxidation sites excluding steroid dienone is 2. The topological polar surface area (TPSA) is 106 Å². The Morgan fingerprint density at radius 3 is 2.41 bits per heavy atom. The van der Waals surface area contributed by atoms with Crippen molar-refractivity contribution in [3.63, 3.8) is 0 Å². The van der Waals surface area contributed by atoms with Gasteiger partial charge in [0, 0.05) is 48.0 Å². The van der Waals surface area contributed by atoms with E-state index < -0.39 is 17.4 Å². The second-order valence-corrected chi connectivity index (χ2v) is 12.5. The molecule has 1 spiro atoms. The molecule has 6 rings (SSSR count). The molecule has 0 radical (unpaired) electrons. The van der Waals surface area contributed by atoms with Gasteiger partial charge in [-0.1, -0.05) is 6.07 Å². The molecule has 3 heterocycles. The van der Waals surface area contributed by atoms with Crippen LogP contribution in [-0.4, -0.2) is 51.8 Å². The summed E-state index contributed by atoms with van der Waals surface area (Å²) in [6, 6.07) is 7.23. The first kappa shape index (κ1) is 27.2. The first-order chi connectivity index (χ1) is 19.4. The van der Waals surface area contributed by atoms with Gasteiger partial charge in [0.05, 0.1) is 24.3 Å². The normalized spacial score (nSPS) is 22.4. The Hall–Kier alpha value is -3.94. The summed E-state index contributed by atoms with van der Waals surface area (Å²) in [7, 11) is 1.58. The Bertz CT molecular complexity index is 1590. The smallest absolute Gasteiger partial charge is 0.354 e. The summed E-state index contributed by atoms with van der Waals surface area (Å²) in [5.74, 6) is 0.00765. The number of amides is 1. The molecule has 8 nitrogen and oxygen atoms in total. The largest absolute Gasteiger partial charge is 0.496 e. The van der Waals surface area contributed by atoms with Crippen LogP contribution >= 0.6 is 0 Å². The quantitative estimate of drug-likeness (QED) is 0.491. The van der Waals surface area contributed by atoms with E-state index in [1.807, 2.05) is 44.7 Å². The number of benzene rings is 1. The van der Waals surface area contributed by atoms with E-state index in [1.54, 1.807) is 26.2 Å². The number of ether oxygens (including phenoxy) is 2. The average molecular weight is 557 g/mol. The molecule has 4 aliphatic rings. The van der Waals surface area contributed by atoms with Crippen LogP contribution in [0.5, 0.6) is 5.75 Å². The van der Waals surface area contributed by atoms with Crippen molar-refractivity contribution >= 4 is 17.7 Å². The fourth-order valence-corrected chi connectivity index (χ4v) is 7.10. The molecule has 1 atom stereocenters. The van der Waals surface area contributed by atoms with Crippen LogP contribution in [0.3, 0.4) is 0 Å². The number of carbonyl (C=O) groups is 3. The number of ketones is 1. The van der Waals surface area contributed by atoms with Gasteiger partial charge in [0.15, 0.2) is 11.5 Å². The third-order valence-electron chi connectivity index (χ3n) is 9.43. The molecular formula is C33H36N2O6. The molecule has 0 bridgehead atoms. The number of hydrogen-bond acceptors (Lipinski definition) is 6. The summed E-state index contributed by atoms with van der Waals surface area (Å²) >= 11 is 0. The number of aryl methyl sites for hydroxylation is 1. The maximum Gasteiger partial charge on any atom is 0.354 e. The number of nitrogens with zero attached hydrogens (tertiary/aromatic N) is 2. The number of rotatable bonds is 5. The van der Waals surface area contributed by atoms with Crippen LogP contribution < -0.4 is 4.74 Å². The minimum atomic E-state index is -1.10. The number of methoxy groups -OCH3 is 1. The molecule has 1 aromatic carbocycles. The zero-order chi connectivity index (χ0) is 29.4. The summed E-state index contributed by atoms with van der Waals surface area (Å²) in [5.41, 5.74) is 3.85. The highest BCUT2D eigenvalue weighted by Gasteiger charge is 2.55. The Labute approximate surface area is 240 Å². The molecule has 0 unspecified atom stereocenters. The van der Waals surface area contributed by atoms with Crippen LogP contribution in [0.15, 0.2) is 46.9 Å². The maximum atomic E-state index is 14.3. The zero-order valence-corrected chi connectivity index (χ0v) is 24.5. The molecule has 1 N–H and O–H groups in total. The second-order valence-electron chi connectivity index (χ2n) is 12.5. The number of aromatic nitrogens is 1. The van der Waals surface area contributed by atoms with Gasteiger partial charge in [-0.3, -0.25) is 9.59 Å². The van der Waals surface area contributed by atoms with Crippen LogP contribution in [0.2, 0.25) is 0 Å². The third kappa shape index (κ3) is 4.18. The van der Waals surface area contributed by atoms with E-state index in [0.717, 1.165) is 29.5 Å². The number of carboxylic acid groups (broad SMARTS) is 1. The molecule has 8 heteroatoms. The molecule has 2 aliphatic carbocycles. The van der Waals surface area contributed by atoms with Gasteiger partial charge in [-0.2, -0.15) is 0 Å². The van der Waals surface area contributed by atoms with Gasteiger partial charge in [-0.15, -0.1) is 0 Å². The number of pyridine rings is 1. The van der Waals surface area contributed by atoms with Crippen LogP contribution in [0.1, 0.15) is 86.0 Å². The average Bonchev–Trinajstić information content (AvgIpc) is 3.64. The van der Waals surface area contributed by atoms with Crippen LogP contribution in [0.4, 0.5) is 0 Å². The number of aromatic carboxylic acids is 1. The van der Waals surface area contributed by atoms with Crippen molar-refractivity contribution in [2.24, 2.45) is 5.41 Å². The van der Waals surface area contributed by atoms with E-state index in [0.29, 0.717) is 65.5 Å². The van der Waals surface area contributed by atoms with Gasteiger partial charge < -0.3 is 19.5 Å². The molecular weight excluding hydrogens is 520 g/mol. The van der Waals surface area contributed by atoms with Gasteiger partial charge in [0.1, 0.15) is 17.3 Å². The lowest BCUT2D eigenvalue weighted by molar-refractivity contribution is -0.134. The van der Waals surface area contributed by atoms with E-state index in [2.05, 4.69) is 4.98 Å². The SMILES string of the molecule is CCN1C(=O)C2=C(CC1(C)C)OC1=C(C(=O)CC3(CC3)C1)[C@@H]2c1c(OC)ccc(-c2ccc(C)c(C(=O)O)n2)c1C. The van der Waals surface area contributed by atoms with Crippen molar-refractivity contribution in [1.82, 2.24) is 9.88 Å². The second kappa shape index (κ2) is 9.29. The standard InChI is InChI=1S/C33H36N2O6/c1-7-35-30(37)27-23(15-32(35,4)5)41-24-16-33(12-13-33)14-21(36)26(24)28(27)25-18(3)19(9-11-22(25)40-6)20-10-8-17(2)29(34-20)31(38)39/h8-11,28H,7,12-16H2,1-6H3,(H,38,39)/t28-/m0/s1. The number of carbonyl (C=O) groups excluding carboxylic acids is 2. The van der Waals surface area contributed by atoms with Gasteiger partial charge in [-0.05, 0) is 82.2 Å². The highest BCUT2D eigenvalue weighted by atomic mass is 16.5. The van der Waals surface area contributed by atoms with Gasteiger partial charge >= 0.3 is 5.97 Å². The molecule has 0 saturated heterocycles. The summed E-state index contributed by atoms with van der Waals surface area (Å²) in [4.78, 5) is 46.4. The molecule has 41 heavy (non-hydrogen) atoms. The van der Waals surface area contributed by atoms with Crippen LogP contribution in [0.25, 0.3) is 11.3 Å². The van der Waals surface area contributed by atoms with Gasteiger partial charge in [0.25, 0.3) is 5.91 Å². The number of carboxylic acids is 1. The summed E-state index contributed by atoms with van der Waals surface area (Å²) < 4.78 is 12.4. The molecule has 1 aromatic heterocycles. The Morgan fingerprint density at radius 1 is 1.07 bits per heavy atom. The molecule has 1 fully saturated rings. The minimum Gasteiger partial charge on any atom is -0.496 e. The number of Topliss-reactive ketones (excluding diaryl/α,β-unsaturated/α-hetero) is 1. The highest BCUT2D eigenvalue weighted by Crippen LogP contribution is 2.61. The van der Waals surface area contributed by atoms with Crippen LogP contribution in [-0.2, 0) is 14.3 Å². The van der Waals surface area contributed by atoms with Crippen molar-refractivity contribution in [2.45, 2.75) is 78.2 Å². The molecule has 1 saturated carbocycles. The Kier molecular flexibility index (Phi) is 6.17. The van der Waals surface area contributed by atoms with Gasteiger partial charge in [-0.25, -0.2) is 9.78 Å². The zero-order valence-electron chi connectivity index (χ0n) is 24.5. The summed E-state index contributed by atoms with van der Waals surface area (Å²) in [5, 5.41) is 9.71. The van der Waals surface area contributed by atoms with Crippen molar-refractivity contribution < 1.29 is 29.0 Å². The monoisotopic (exact) mass is 556 g/mol. The Morgan fingerprint density at radius 2 is 1.78 bits per heavy atom. The molecule has 2 aromatic rings. The summed E-state index contributed by atoms with van der Waals surface area (Å²) in [6.07, 6.45) is 3.70. The number of likely N-dealkylation sites (N-methyl/N-ethyl adjacent to an activating group) is 1. The van der Waals surface area contributed by atoms with Crippen molar-refractivity contribution in [1.29, 1.82) is 0 Å². The molecule has 214 valence electrons. The first-order valence-corrected chi connectivity index (χ1v) is 14.3. The van der Waals surface area contributed by atoms with E-state index in [4.69, 9.17) is 9.47 Å². The van der Waals surface area contributed by atoms with Crippen LogP contribution in [0, 0.1) is 19.3 Å². The maximum absolute atomic E-state index is 14.3. The number of hydrogen-bond donors (Lipinski definition) is 1. The third-order valence-corrected chi connectivity index (χ3v) is 9.43. The Balaban J connectivity index is 1.61. The van der Waals surface area contributed by atoms with E-state index in [1.165, 1.54) is 0 Å². The van der Waals surface area contributed by atoms with E-state index >= 15 is 0 Å². The lowest BCUT2D eigenvalue weighted by Gasteiger charge is -2.47. The first-order valence-electron chi connectivity index (χ1n) is 14.3. The van der Waals surface area contributed by atoms with Crippen molar-refractivity contribution in [3.05, 3.63) is 69.3 Å². The highest BCUT2D eigenvalue weighted by molar-refractivity contribution is 6.06. The van der Waals surface area contributed by atoms with E-state index in [9.17, 15) is 19.5 Å². The van der Waals surface area contributed by atoms with E-state index in [-0.39, 0.29) is 22.8 Å². The lowest BCUT2D eigenvalue weighted by Crippen LogP contribution is -2.53. The fourth-order valence-electron chi connectivity index (χ4n) is 7.10. The van der Waals surface area contributed by atoms with Crippen molar-refractivity contribution in [2.75, 3.05) is 13.7 Å². The summed E-state index contributed by atoms with van der Waals surface area (Å²) in [6.45, 7) is 10.2. The van der Waals surface area contributed by atoms with Gasteiger partial charge in [0.2, 0.25) is 0 Å². The predicted octanol–water partition coefficient (Wildman–Crippen LogP) is 5.87. The lowest BCUT2D eigenvalue weighted by atomic mass is 9.69. The predicted molar refractivity (Wildman–Crippen MR) is 153 cm³/mol. The molecule has 2 aliphatic heterocycles. The minimum absolute atomic E-state index is 0.0132. The van der Waals surface area contributed by atoms with Crippen molar-refractivity contribution in [3.8, 4) is 17.0 Å².